The minimum absolute atomic E-state index is 0.114. The Labute approximate surface area is 68.3 Å². The summed E-state index contributed by atoms with van der Waals surface area (Å²) in [6.07, 6.45) is 0. The highest BCUT2D eigenvalue weighted by Crippen LogP contribution is 2.19. The summed E-state index contributed by atoms with van der Waals surface area (Å²) in [6.45, 7) is 0. The highest BCUT2D eigenvalue weighted by molar-refractivity contribution is 5.50. The molecular weight excluding hydrogens is 163 g/mol. The van der Waals surface area contributed by atoms with Crippen molar-refractivity contribution in [2.75, 3.05) is 12.2 Å². The quantitative estimate of drug-likeness (QED) is 0.387. The second-order valence-electron chi connectivity index (χ2n) is 2.25. The number of benzene rings is 1. The van der Waals surface area contributed by atoms with E-state index >= 15 is 0 Å². The van der Waals surface area contributed by atoms with Gasteiger partial charge in [0.05, 0.1) is 10.6 Å². The van der Waals surface area contributed by atoms with Crippen LogP contribution in [0.5, 0.6) is 0 Å². The minimum Gasteiger partial charge on any atom is -0.258 e. The number of hydrogen-bond donors (Lipinski definition) is 0. The molecule has 0 aliphatic rings. The van der Waals surface area contributed by atoms with Gasteiger partial charge in [0, 0.05) is 19.2 Å². The Kier molecular flexibility index (Phi) is 2.23. The van der Waals surface area contributed by atoms with E-state index in [2.05, 4.69) is 0 Å². The molecule has 64 valence electrons. The maximum absolute atomic E-state index is 12.5. The van der Waals surface area contributed by atoms with Crippen molar-refractivity contribution in [3.05, 3.63) is 34.4 Å². The molecule has 0 saturated carbocycles. The van der Waals surface area contributed by atoms with Gasteiger partial charge in [-0.3, -0.25) is 10.1 Å². The van der Waals surface area contributed by atoms with E-state index in [1.54, 1.807) is 0 Å². The average molecular weight is 170 g/mol. The lowest BCUT2D eigenvalue weighted by Gasteiger charge is -2.05. The summed E-state index contributed by atoms with van der Waals surface area (Å²) in [7, 11) is 1.18. The normalized spacial score (nSPS) is 9.50. The minimum atomic E-state index is -0.562. The summed E-state index contributed by atoms with van der Waals surface area (Å²) < 4.78 is 12.5. The van der Waals surface area contributed by atoms with E-state index in [1.807, 2.05) is 0 Å². The molecule has 0 spiro atoms. The molecule has 0 unspecified atom stereocenters. The zero-order valence-electron chi connectivity index (χ0n) is 6.40. The molecule has 1 aromatic carbocycles. The summed E-state index contributed by atoms with van der Waals surface area (Å²) in [5.74, 6) is 0. The molecule has 0 saturated heterocycles. The molecule has 0 N–H and O–H groups in total. The first-order valence-corrected chi connectivity index (χ1v) is 3.25. The van der Waals surface area contributed by atoms with Gasteiger partial charge in [0.2, 0.25) is 0 Å². The molecular formula is C7H7FN2O2. The van der Waals surface area contributed by atoms with E-state index in [0.29, 0.717) is 5.12 Å². The van der Waals surface area contributed by atoms with Crippen LogP contribution in [0.3, 0.4) is 0 Å². The molecule has 0 radical (unpaired) electrons. The predicted molar refractivity (Wildman–Crippen MR) is 42.6 cm³/mol. The first kappa shape index (κ1) is 8.45. The fourth-order valence-electron chi connectivity index (χ4n) is 0.798. The second kappa shape index (κ2) is 3.17. The third-order valence-electron chi connectivity index (χ3n) is 1.40. The van der Waals surface area contributed by atoms with Gasteiger partial charge in [-0.15, -0.1) is 4.48 Å². The molecule has 0 aliphatic heterocycles. The van der Waals surface area contributed by atoms with Gasteiger partial charge in [-0.1, -0.05) is 6.07 Å². The highest BCUT2D eigenvalue weighted by Gasteiger charge is 2.07. The number of anilines is 1. The molecule has 0 fully saturated rings. The van der Waals surface area contributed by atoms with Crippen molar-refractivity contribution >= 4 is 11.4 Å². The largest absolute Gasteiger partial charge is 0.271 e. The maximum Gasteiger partial charge on any atom is 0.271 e. The number of nitro benzene ring substituents is 1. The molecule has 1 rings (SSSR count). The molecule has 0 atom stereocenters. The second-order valence-corrected chi connectivity index (χ2v) is 2.25. The molecule has 12 heavy (non-hydrogen) atoms. The summed E-state index contributed by atoms with van der Waals surface area (Å²) in [5, 5.41) is 10.6. The first-order valence-electron chi connectivity index (χ1n) is 3.25. The molecule has 0 bridgehead atoms. The van der Waals surface area contributed by atoms with Gasteiger partial charge in [0.15, 0.2) is 0 Å². The number of hydrogen-bond acceptors (Lipinski definition) is 3. The Morgan fingerprint density at radius 3 is 2.75 bits per heavy atom. The van der Waals surface area contributed by atoms with Gasteiger partial charge >= 0.3 is 0 Å². The van der Waals surface area contributed by atoms with Crippen molar-refractivity contribution in [1.29, 1.82) is 0 Å². The van der Waals surface area contributed by atoms with Crippen LogP contribution >= 0.6 is 0 Å². The SMILES string of the molecule is CN(F)c1cccc([N+](=O)[O-])c1. The number of nitrogens with zero attached hydrogens (tertiary/aromatic N) is 2. The maximum atomic E-state index is 12.5. The van der Waals surface area contributed by atoms with Gasteiger partial charge < -0.3 is 0 Å². The Balaban J connectivity index is 3.04. The van der Waals surface area contributed by atoms with Crippen molar-refractivity contribution in [2.24, 2.45) is 0 Å². The summed E-state index contributed by atoms with van der Waals surface area (Å²) in [6, 6.07) is 5.36. The zero-order valence-corrected chi connectivity index (χ0v) is 6.40. The molecule has 0 amide bonds. The standard InChI is InChI=1S/C7H7FN2O2/c1-9(8)6-3-2-4-7(5-6)10(11)12/h2-5H,1H3. The van der Waals surface area contributed by atoms with E-state index < -0.39 is 4.92 Å². The fraction of sp³-hybridized carbons (Fsp3) is 0.143. The predicted octanol–water partition coefficient (Wildman–Crippen LogP) is 1.92. The van der Waals surface area contributed by atoms with Crippen molar-refractivity contribution in [2.45, 2.75) is 0 Å². The number of rotatable bonds is 2. The van der Waals surface area contributed by atoms with Gasteiger partial charge in [-0.2, -0.15) is 0 Å². The molecule has 4 nitrogen and oxygen atoms in total. The Hall–Kier alpha value is -1.65. The van der Waals surface area contributed by atoms with E-state index in [9.17, 15) is 14.6 Å². The van der Waals surface area contributed by atoms with Gasteiger partial charge in [-0.25, -0.2) is 5.12 Å². The Morgan fingerprint density at radius 1 is 1.58 bits per heavy atom. The average Bonchev–Trinajstić information content (AvgIpc) is 2.04. The molecule has 5 heteroatoms. The van der Waals surface area contributed by atoms with Crippen LogP contribution in [0.2, 0.25) is 0 Å². The van der Waals surface area contributed by atoms with Crippen LogP contribution in [0.4, 0.5) is 15.9 Å². The van der Waals surface area contributed by atoms with Crippen LogP contribution in [-0.4, -0.2) is 12.0 Å². The van der Waals surface area contributed by atoms with Crippen LogP contribution in [0.15, 0.2) is 24.3 Å². The van der Waals surface area contributed by atoms with Crippen LogP contribution in [0.25, 0.3) is 0 Å². The third-order valence-corrected chi connectivity index (χ3v) is 1.40. The molecule has 0 aliphatic carbocycles. The summed E-state index contributed by atoms with van der Waals surface area (Å²) in [5.41, 5.74) is 0.0567. The van der Waals surface area contributed by atoms with Gasteiger partial charge in [0.1, 0.15) is 0 Å². The van der Waals surface area contributed by atoms with Crippen LogP contribution in [0, 0.1) is 10.1 Å². The van der Waals surface area contributed by atoms with Crippen molar-refractivity contribution in [1.82, 2.24) is 0 Å². The molecule has 0 aromatic heterocycles. The van der Waals surface area contributed by atoms with Gasteiger partial charge in [0.25, 0.3) is 5.69 Å². The monoisotopic (exact) mass is 170 g/mol. The lowest BCUT2D eigenvalue weighted by atomic mass is 10.3. The van der Waals surface area contributed by atoms with Crippen molar-refractivity contribution < 1.29 is 9.40 Å². The Morgan fingerprint density at radius 2 is 2.25 bits per heavy atom. The summed E-state index contributed by atoms with van der Waals surface area (Å²) in [4.78, 5) is 9.68. The highest BCUT2D eigenvalue weighted by atomic mass is 19.2. The van der Waals surface area contributed by atoms with Gasteiger partial charge in [-0.05, 0) is 6.07 Å². The summed E-state index contributed by atoms with van der Waals surface area (Å²) >= 11 is 0. The molecule has 1 aromatic rings. The van der Waals surface area contributed by atoms with Crippen LogP contribution in [0.1, 0.15) is 0 Å². The number of halogens is 1. The van der Waals surface area contributed by atoms with E-state index in [4.69, 9.17) is 0 Å². The lowest BCUT2D eigenvalue weighted by molar-refractivity contribution is -0.384. The Bertz CT molecular complexity index is 301. The first-order chi connectivity index (χ1) is 5.61. The van der Waals surface area contributed by atoms with E-state index in [0.717, 1.165) is 0 Å². The van der Waals surface area contributed by atoms with E-state index in [1.165, 1.54) is 31.3 Å². The van der Waals surface area contributed by atoms with Crippen molar-refractivity contribution in [3.63, 3.8) is 0 Å². The van der Waals surface area contributed by atoms with Crippen LogP contribution < -0.4 is 5.12 Å². The zero-order chi connectivity index (χ0) is 9.14. The number of nitro groups is 1. The smallest absolute Gasteiger partial charge is 0.258 e. The molecule has 0 heterocycles. The van der Waals surface area contributed by atoms with Crippen molar-refractivity contribution in [3.8, 4) is 0 Å². The lowest BCUT2D eigenvalue weighted by Crippen LogP contribution is -2.02. The van der Waals surface area contributed by atoms with Crippen LogP contribution in [-0.2, 0) is 0 Å². The van der Waals surface area contributed by atoms with E-state index in [-0.39, 0.29) is 11.4 Å². The number of non-ortho nitro benzene ring substituents is 1. The third kappa shape index (κ3) is 1.69. The fourth-order valence-corrected chi connectivity index (χ4v) is 0.798. The topological polar surface area (TPSA) is 46.4 Å².